The predicted molar refractivity (Wildman–Crippen MR) is 132 cm³/mol. The SMILES string of the molecule is C[C@H]1C[C@H](C)CN(Cc2ccccc2CNC(=O)CCCc2nc3ccccc3c(=O)[nH]2)C1. The van der Waals surface area contributed by atoms with Crippen molar-refractivity contribution in [3.8, 4) is 0 Å². The Morgan fingerprint density at radius 1 is 1.06 bits per heavy atom. The van der Waals surface area contributed by atoms with E-state index >= 15 is 0 Å². The molecule has 0 radical (unpaired) electrons. The second kappa shape index (κ2) is 10.8. The Morgan fingerprint density at radius 3 is 2.55 bits per heavy atom. The normalized spacial score (nSPS) is 19.0. The van der Waals surface area contributed by atoms with Crippen LogP contribution in [0.2, 0.25) is 0 Å². The van der Waals surface area contributed by atoms with Gasteiger partial charge < -0.3 is 10.3 Å². The Morgan fingerprint density at radius 2 is 1.76 bits per heavy atom. The average molecular weight is 447 g/mol. The highest BCUT2D eigenvalue weighted by molar-refractivity contribution is 5.77. The Kier molecular flexibility index (Phi) is 7.55. The van der Waals surface area contributed by atoms with E-state index < -0.39 is 0 Å². The first-order valence-corrected chi connectivity index (χ1v) is 12.0. The average Bonchev–Trinajstić information content (AvgIpc) is 2.78. The van der Waals surface area contributed by atoms with Crippen molar-refractivity contribution in [1.82, 2.24) is 20.2 Å². The topological polar surface area (TPSA) is 78.1 Å². The predicted octanol–water partition coefficient (Wildman–Crippen LogP) is 4.04. The molecule has 0 unspecified atom stereocenters. The van der Waals surface area contributed by atoms with Gasteiger partial charge in [0.2, 0.25) is 5.91 Å². The lowest BCUT2D eigenvalue weighted by Gasteiger charge is -2.35. The number of rotatable bonds is 8. The maximum Gasteiger partial charge on any atom is 0.258 e. The van der Waals surface area contributed by atoms with Gasteiger partial charge in [0.05, 0.1) is 10.9 Å². The first-order valence-electron chi connectivity index (χ1n) is 12.0. The van der Waals surface area contributed by atoms with Gasteiger partial charge in [-0.25, -0.2) is 4.98 Å². The molecule has 2 heterocycles. The van der Waals surface area contributed by atoms with E-state index in [-0.39, 0.29) is 11.5 Å². The first-order chi connectivity index (χ1) is 16.0. The number of aromatic nitrogens is 2. The van der Waals surface area contributed by atoms with Gasteiger partial charge in [-0.05, 0) is 47.9 Å². The van der Waals surface area contributed by atoms with E-state index in [9.17, 15) is 9.59 Å². The fourth-order valence-electron chi connectivity index (χ4n) is 5.00. The number of fused-ring (bicyclic) bond motifs is 1. The van der Waals surface area contributed by atoms with Gasteiger partial charge in [0.25, 0.3) is 5.56 Å². The van der Waals surface area contributed by atoms with Crippen LogP contribution in [0.25, 0.3) is 10.9 Å². The number of hydrogen-bond donors (Lipinski definition) is 2. The molecule has 2 N–H and O–H groups in total. The van der Waals surface area contributed by atoms with Gasteiger partial charge in [0.1, 0.15) is 5.82 Å². The molecule has 2 aromatic carbocycles. The van der Waals surface area contributed by atoms with Crippen LogP contribution in [0.4, 0.5) is 0 Å². The number of aryl methyl sites for hydroxylation is 1. The van der Waals surface area contributed by atoms with Crippen LogP contribution in [-0.4, -0.2) is 33.9 Å². The number of para-hydroxylation sites is 1. The van der Waals surface area contributed by atoms with E-state index in [2.05, 4.69) is 52.2 Å². The summed E-state index contributed by atoms with van der Waals surface area (Å²) in [5, 5.41) is 3.66. The van der Waals surface area contributed by atoms with Crippen molar-refractivity contribution in [3.63, 3.8) is 0 Å². The summed E-state index contributed by atoms with van der Waals surface area (Å²) in [6.45, 7) is 8.41. The minimum absolute atomic E-state index is 0.0214. The summed E-state index contributed by atoms with van der Waals surface area (Å²) in [5.74, 6) is 2.11. The summed E-state index contributed by atoms with van der Waals surface area (Å²) in [7, 11) is 0. The number of hydrogen-bond acceptors (Lipinski definition) is 4. The molecule has 0 bridgehead atoms. The lowest BCUT2D eigenvalue weighted by atomic mass is 9.91. The molecule has 1 fully saturated rings. The van der Waals surface area contributed by atoms with Crippen molar-refractivity contribution in [3.05, 3.63) is 75.8 Å². The molecule has 174 valence electrons. The van der Waals surface area contributed by atoms with E-state index in [0.717, 1.165) is 31.5 Å². The number of aromatic amines is 1. The summed E-state index contributed by atoms with van der Waals surface area (Å²) in [6, 6.07) is 15.7. The van der Waals surface area contributed by atoms with Crippen molar-refractivity contribution in [2.24, 2.45) is 11.8 Å². The molecule has 1 amide bonds. The summed E-state index contributed by atoms with van der Waals surface area (Å²) < 4.78 is 0. The Balaban J connectivity index is 1.28. The number of likely N-dealkylation sites (tertiary alicyclic amines) is 1. The lowest BCUT2D eigenvalue weighted by Crippen LogP contribution is -2.38. The van der Waals surface area contributed by atoms with Gasteiger partial charge in [-0.15, -0.1) is 0 Å². The van der Waals surface area contributed by atoms with Crippen LogP contribution in [0.15, 0.2) is 53.3 Å². The third-order valence-electron chi connectivity index (χ3n) is 6.41. The van der Waals surface area contributed by atoms with Crippen LogP contribution >= 0.6 is 0 Å². The lowest BCUT2D eigenvalue weighted by molar-refractivity contribution is -0.121. The van der Waals surface area contributed by atoms with Crippen molar-refractivity contribution in [2.45, 2.75) is 52.6 Å². The third kappa shape index (κ3) is 6.29. The number of H-pyrrole nitrogens is 1. The smallest absolute Gasteiger partial charge is 0.258 e. The number of nitrogens with zero attached hydrogens (tertiary/aromatic N) is 2. The summed E-state index contributed by atoms with van der Waals surface area (Å²) in [5.41, 5.74) is 3.03. The molecule has 0 spiro atoms. The molecule has 2 atom stereocenters. The van der Waals surface area contributed by atoms with E-state index in [1.807, 2.05) is 24.3 Å². The molecule has 1 aliphatic heterocycles. The molecule has 6 nitrogen and oxygen atoms in total. The van der Waals surface area contributed by atoms with E-state index in [4.69, 9.17) is 0 Å². The largest absolute Gasteiger partial charge is 0.352 e. The van der Waals surface area contributed by atoms with E-state index in [1.54, 1.807) is 6.07 Å². The van der Waals surface area contributed by atoms with Gasteiger partial charge in [-0.3, -0.25) is 14.5 Å². The Labute approximate surface area is 195 Å². The van der Waals surface area contributed by atoms with Gasteiger partial charge in [0.15, 0.2) is 0 Å². The van der Waals surface area contributed by atoms with Gasteiger partial charge >= 0.3 is 0 Å². The molecule has 1 saturated heterocycles. The highest BCUT2D eigenvalue weighted by Crippen LogP contribution is 2.23. The van der Waals surface area contributed by atoms with Crippen LogP contribution in [0, 0.1) is 11.8 Å². The number of piperidine rings is 1. The maximum absolute atomic E-state index is 12.5. The van der Waals surface area contributed by atoms with Gasteiger partial charge in [-0.1, -0.05) is 50.2 Å². The molecule has 0 saturated carbocycles. The second-order valence-electron chi connectivity index (χ2n) is 9.57. The summed E-state index contributed by atoms with van der Waals surface area (Å²) >= 11 is 0. The fraction of sp³-hybridized carbons (Fsp3) is 0.444. The van der Waals surface area contributed by atoms with Gasteiger partial charge in [0, 0.05) is 39.0 Å². The van der Waals surface area contributed by atoms with Crippen molar-refractivity contribution in [2.75, 3.05) is 13.1 Å². The van der Waals surface area contributed by atoms with Crippen LogP contribution in [0.1, 0.15) is 50.1 Å². The maximum atomic E-state index is 12.5. The van der Waals surface area contributed by atoms with Crippen LogP contribution in [-0.2, 0) is 24.3 Å². The zero-order valence-corrected chi connectivity index (χ0v) is 19.6. The minimum Gasteiger partial charge on any atom is -0.352 e. The minimum atomic E-state index is -0.130. The summed E-state index contributed by atoms with van der Waals surface area (Å²) in [4.78, 5) is 34.5. The number of amides is 1. The zero-order chi connectivity index (χ0) is 23.2. The number of carbonyl (C=O) groups excluding carboxylic acids is 1. The Bertz CT molecular complexity index is 1150. The highest BCUT2D eigenvalue weighted by atomic mass is 16.1. The van der Waals surface area contributed by atoms with Crippen molar-refractivity contribution >= 4 is 16.8 Å². The molecule has 33 heavy (non-hydrogen) atoms. The third-order valence-corrected chi connectivity index (χ3v) is 6.41. The van der Waals surface area contributed by atoms with Crippen LogP contribution < -0.4 is 10.9 Å². The molecule has 4 rings (SSSR count). The molecule has 6 heteroatoms. The zero-order valence-electron chi connectivity index (χ0n) is 19.6. The van der Waals surface area contributed by atoms with Crippen LogP contribution in [0.5, 0.6) is 0 Å². The highest BCUT2D eigenvalue weighted by Gasteiger charge is 2.22. The molecule has 0 aliphatic carbocycles. The van der Waals surface area contributed by atoms with Crippen molar-refractivity contribution < 1.29 is 4.79 Å². The Hall–Kier alpha value is -2.99. The molecule has 3 aromatic rings. The number of carbonyl (C=O) groups is 1. The van der Waals surface area contributed by atoms with E-state index in [0.29, 0.717) is 42.5 Å². The fourth-order valence-corrected chi connectivity index (χ4v) is 5.00. The second-order valence-corrected chi connectivity index (χ2v) is 9.57. The number of benzene rings is 2. The monoisotopic (exact) mass is 446 g/mol. The number of nitrogens with one attached hydrogen (secondary N) is 2. The molecule has 1 aromatic heterocycles. The van der Waals surface area contributed by atoms with Gasteiger partial charge in [-0.2, -0.15) is 0 Å². The van der Waals surface area contributed by atoms with Crippen LogP contribution in [0.3, 0.4) is 0 Å². The van der Waals surface area contributed by atoms with E-state index in [1.165, 1.54) is 17.5 Å². The first kappa shape index (κ1) is 23.2. The quantitative estimate of drug-likeness (QED) is 0.547. The van der Waals surface area contributed by atoms with Crippen molar-refractivity contribution in [1.29, 1.82) is 0 Å². The molecular weight excluding hydrogens is 412 g/mol. The standard InChI is InChI=1S/C27H34N4O2/c1-19-14-20(2)17-31(16-19)18-22-9-4-3-8-21(22)15-28-26(32)13-7-12-25-29-24-11-6-5-10-23(24)27(33)30-25/h3-6,8-11,19-20H,7,12-18H2,1-2H3,(H,28,32)(H,29,30,33)/t19-,20-/m0/s1. The summed E-state index contributed by atoms with van der Waals surface area (Å²) in [6.07, 6.45) is 2.91. The molecular formula is C27H34N4O2. The molecule has 1 aliphatic rings.